The second-order valence-electron chi connectivity index (χ2n) is 6.15. The van der Waals surface area contributed by atoms with Crippen LogP contribution in [0.25, 0.3) is 0 Å². The fraction of sp³-hybridized carbons (Fsp3) is 0.667. The van der Waals surface area contributed by atoms with E-state index in [4.69, 9.17) is 0 Å². The predicted octanol–water partition coefficient (Wildman–Crippen LogP) is 2.63. The number of fused-ring (bicyclic) bond motifs is 5. The lowest BCUT2D eigenvalue weighted by molar-refractivity contribution is 0.457. The van der Waals surface area contributed by atoms with Gasteiger partial charge in [-0.2, -0.15) is 0 Å². The molecule has 1 saturated carbocycles. The van der Waals surface area contributed by atoms with Crippen molar-refractivity contribution >= 4 is 12.4 Å². The van der Waals surface area contributed by atoms with Gasteiger partial charge in [-0.05, 0) is 74.6 Å². The summed E-state index contributed by atoms with van der Waals surface area (Å²) in [7, 11) is 0. The fourth-order valence-corrected chi connectivity index (χ4v) is 4.22. The van der Waals surface area contributed by atoms with Crippen molar-refractivity contribution in [3.63, 3.8) is 0 Å². The minimum absolute atomic E-state index is 0. The molecule has 1 saturated heterocycles. The Kier molecular flexibility index (Phi) is 3.44. The van der Waals surface area contributed by atoms with Crippen LogP contribution in [0.5, 0.6) is 0 Å². The summed E-state index contributed by atoms with van der Waals surface area (Å²) in [5.74, 6) is 1.86. The average molecular weight is 281 g/mol. The van der Waals surface area contributed by atoms with Crippen molar-refractivity contribution in [2.75, 3.05) is 13.1 Å². The molecule has 2 atom stereocenters. The highest BCUT2D eigenvalue weighted by molar-refractivity contribution is 5.85. The molecule has 4 rings (SSSR count). The van der Waals surface area contributed by atoms with Crippen molar-refractivity contribution in [2.45, 2.75) is 49.9 Å². The number of halogens is 1. The second kappa shape index (κ2) is 4.95. The van der Waals surface area contributed by atoms with Crippen LogP contribution in [-0.2, 0) is 0 Å². The summed E-state index contributed by atoms with van der Waals surface area (Å²) in [6, 6.07) is 2.26. The molecule has 1 aromatic heterocycles. The Morgan fingerprint density at radius 3 is 2.47 bits per heavy atom. The number of hydrogen-bond donors (Lipinski definition) is 2. The molecule has 3 aliphatic rings. The predicted molar refractivity (Wildman–Crippen MR) is 78.5 cm³/mol. The van der Waals surface area contributed by atoms with E-state index in [2.05, 4.69) is 16.4 Å². The van der Waals surface area contributed by atoms with Crippen LogP contribution in [0.1, 0.15) is 66.7 Å². The molecule has 2 N–H and O–H groups in total. The van der Waals surface area contributed by atoms with Crippen molar-refractivity contribution < 1.29 is 0 Å². The van der Waals surface area contributed by atoms with Gasteiger partial charge >= 0.3 is 0 Å². The quantitative estimate of drug-likeness (QED) is 0.831. The maximum absolute atomic E-state index is 12.3. The standard InChI is InChI=1S/C15H20N2O.ClH/c18-15-13(9-3-5-16-6-4-9)8-12-10-1-2-11(7-10)14(12)17-15;/h8-11,16H,1-7H2,(H,17,18);1H. The summed E-state index contributed by atoms with van der Waals surface area (Å²) < 4.78 is 0. The summed E-state index contributed by atoms with van der Waals surface area (Å²) in [4.78, 5) is 15.5. The Balaban J connectivity index is 0.00000110. The number of H-pyrrole nitrogens is 1. The van der Waals surface area contributed by atoms with Gasteiger partial charge in [0.05, 0.1) is 0 Å². The molecule has 0 spiro atoms. The number of piperidine rings is 1. The molecule has 2 fully saturated rings. The third kappa shape index (κ3) is 2.03. The molecule has 2 aliphatic carbocycles. The largest absolute Gasteiger partial charge is 0.325 e. The van der Waals surface area contributed by atoms with Crippen LogP contribution in [0.15, 0.2) is 10.9 Å². The fourth-order valence-electron chi connectivity index (χ4n) is 4.22. The van der Waals surface area contributed by atoms with E-state index in [0.717, 1.165) is 37.4 Å². The van der Waals surface area contributed by atoms with Crippen molar-refractivity contribution in [1.29, 1.82) is 0 Å². The lowest BCUT2D eigenvalue weighted by Gasteiger charge is -2.24. The molecule has 0 aromatic carbocycles. The maximum atomic E-state index is 12.3. The lowest BCUT2D eigenvalue weighted by Crippen LogP contribution is -2.30. The third-order valence-corrected chi connectivity index (χ3v) is 5.19. The molecule has 2 unspecified atom stereocenters. The monoisotopic (exact) mass is 280 g/mol. The van der Waals surface area contributed by atoms with Crippen LogP contribution >= 0.6 is 12.4 Å². The number of aromatic amines is 1. The van der Waals surface area contributed by atoms with Crippen LogP contribution in [0.3, 0.4) is 0 Å². The van der Waals surface area contributed by atoms with E-state index in [1.54, 1.807) is 0 Å². The summed E-state index contributed by atoms with van der Waals surface area (Å²) in [5.41, 5.74) is 3.99. The van der Waals surface area contributed by atoms with Gasteiger partial charge < -0.3 is 10.3 Å². The highest BCUT2D eigenvalue weighted by atomic mass is 35.5. The number of aromatic nitrogens is 1. The molecule has 1 aliphatic heterocycles. The average Bonchev–Trinajstić information content (AvgIpc) is 3.00. The van der Waals surface area contributed by atoms with E-state index in [0.29, 0.717) is 11.8 Å². The van der Waals surface area contributed by atoms with E-state index in [-0.39, 0.29) is 18.0 Å². The molecule has 0 radical (unpaired) electrons. The topological polar surface area (TPSA) is 44.9 Å². The van der Waals surface area contributed by atoms with Crippen LogP contribution in [0.2, 0.25) is 0 Å². The highest BCUT2D eigenvalue weighted by Gasteiger charge is 2.38. The molecule has 3 nitrogen and oxygen atoms in total. The van der Waals surface area contributed by atoms with Gasteiger partial charge in [0.2, 0.25) is 0 Å². The molecule has 2 bridgehead atoms. The Morgan fingerprint density at radius 1 is 0.947 bits per heavy atom. The molecule has 0 amide bonds. The van der Waals surface area contributed by atoms with E-state index in [1.807, 2.05) is 0 Å². The molecular weight excluding hydrogens is 260 g/mol. The Hall–Kier alpha value is -0.800. The number of nitrogens with one attached hydrogen (secondary N) is 2. The van der Waals surface area contributed by atoms with Gasteiger partial charge in [0.25, 0.3) is 5.56 Å². The lowest BCUT2D eigenvalue weighted by atomic mass is 9.87. The summed E-state index contributed by atoms with van der Waals surface area (Å²) in [6.45, 7) is 2.10. The Morgan fingerprint density at radius 2 is 1.68 bits per heavy atom. The van der Waals surface area contributed by atoms with Crippen LogP contribution in [0.4, 0.5) is 0 Å². The normalized spacial score (nSPS) is 29.1. The van der Waals surface area contributed by atoms with Gasteiger partial charge in [0.15, 0.2) is 0 Å². The van der Waals surface area contributed by atoms with Crippen molar-refractivity contribution in [3.05, 3.63) is 33.2 Å². The number of hydrogen-bond acceptors (Lipinski definition) is 2. The molecule has 19 heavy (non-hydrogen) atoms. The SMILES string of the molecule is Cl.O=c1[nH]c2c(cc1C1CCNCC1)C1CCC2C1. The first kappa shape index (κ1) is 13.2. The zero-order valence-electron chi connectivity index (χ0n) is 11.1. The molecule has 4 heteroatoms. The third-order valence-electron chi connectivity index (χ3n) is 5.19. The first-order valence-corrected chi connectivity index (χ1v) is 7.30. The van der Waals surface area contributed by atoms with Gasteiger partial charge in [-0.1, -0.05) is 0 Å². The van der Waals surface area contributed by atoms with Crippen molar-refractivity contribution in [3.8, 4) is 0 Å². The van der Waals surface area contributed by atoms with E-state index in [9.17, 15) is 4.79 Å². The first-order valence-electron chi connectivity index (χ1n) is 7.30. The molecular formula is C15H21ClN2O. The number of pyridine rings is 1. The smallest absolute Gasteiger partial charge is 0.251 e. The van der Waals surface area contributed by atoms with Gasteiger partial charge in [-0.3, -0.25) is 4.79 Å². The van der Waals surface area contributed by atoms with Crippen molar-refractivity contribution in [1.82, 2.24) is 10.3 Å². The summed E-state index contributed by atoms with van der Waals surface area (Å²) in [5, 5.41) is 3.37. The van der Waals surface area contributed by atoms with Crippen LogP contribution in [0, 0.1) is 0 Å². The summed E-state index contributed by atoms with van der Waals surface area (Å²) in [6.07, 6.45) is 6.10. The minimum atomic E-state index is 0. The second-order valence-corrected chi connectivity index (χ2v) is 6.15. The summed E-state index contributed by atoms with van der Waals surface area (Å²) >= 11 is 0. The van der Waals surface area contributed by atoms with Gasteiger partial charge in [-0.25, -0.2) is 0 Å². The van der Waals surface area contributed by atoms with E-state index in [1.165, 1.54) is 30.5 Å². The van der Waals surface area contributed by atoms with Gasteiger partial charge in [-0.15, -0.1) is 12.4 Å². The minimum Gasteiger partial charge on any atom is -0.325 e. The van der Waals surface area contributed by atoms with Crippen LogP contribution < -0.4 is 10.9 Å². The number of rotatable bonds is 1. The molecule has 1 aromatic rings. The van der Waals surface area contributed by atoms with Gasteiger partial charge in [0.1, 0.15) is 0 Å². The zero-order chi connectivity index (χ0) is 12.1. The molecule has 104 valence electrons. The van der Waals surface area contributed by atoms with Crippen molar-refractivity contribution in [2.24, 2.45) is 0 Å². The van der Waals surface area contributed by atoms with E-state index < -0.39 is 0 Å². The first-order chi connectivity index (χ1) is 8.83. The maximum Gasteiger partial charge on any atom is 0.251 e. The Labute approximate surface area is 119 Å². The van der Waals surface area contributed by atoms with Crippen LogP contribution in [-0.4, -0.2) is 18.1 Å². The zero-order valence-corrected chi connectivity index (χ0v) is 11.9. The van der Waals surface area contributed by atoms with Gasteiger partial charge in [0, 0.05) is 11.3 Å². The highest BCUT2D eigenvalue weighted by Crippen LogP contribution is 2.52. The van der Waals surface area contributed by atoms with E-state index >= 15 is 0 Å². The Bertz CT molecular complexity index is 533. The molecule has 2 heterocycles.